The minimum Gasteiger partial charge on any atom is -0.507 e. The molecule has 3 aromatic rings. The van der Waals surface area contributed by atoms with Gasteiger partial charge in [-0.3, -0.25) is 9.59 Å². The van der Waals surface area contributed by atoms with Gasteiger partial charge in [-0.15, -0.1) is 0 Å². The van der Waals surface area contributed by atoms with Crippen LogP contribution in [0.5, 0.6) is 17.2 Å². The molecule has 1 atom stereocenters. The Labute approximate surface area is 232 Å². The van der Waals surface area contributed by atoms with E-state index in [9.17, 15) is 19.1 Å². The number of amides is 1. The van der Waals surface area contributed by atoms with Crippen LogP contribution in [0.15, 0.2) is 72.3 Å². The van der Waals surface area contributed by atoms with Crippen LogP contribution in [-0.2, 0) is 20.9 Å². The second kappa shape index (κ2) is 13.1. The Morgan fingerprint density at radius 2 is 1.65 bits per heavy atom. The maximum atomic E-state index is 13.4. The van der Waals surface area contributed by atoms with Gasteiger partial charge in [-0.05, 0) is 61.4 Å². The highest BCUT2D eigenvalue weighted by molar-refractivity contribution is 6.46. The SMILES string of the molecule is CCOc1ccc(/C(O)=C2\C(=O)C(=O)N(CCOC)C2c2cccc(OCc3ccc(F)cc3)c2)c(OCC)c1. The highest BCUT2D eigenvalue weighted by atomic mass is 19.1. The fraction of sp³-hybridized carbons (Fsp3) is 0.290. The fourth-order valence-electron chi connectivity index (χ4n) is 4.54. The van der Waals surface area contributed by atoms with Crippen LogP contribution >= 0.6 is 0 Å². The van der Waals surface area contributed by atoms with Gasteiger partial charge in [-0.2, -0.15) is 0 Å². The lowest BCUT2D eigenvalue weighted by molar-refractivity contribution is -0.140. The average Bonchev–Trinajstić information content (AvgIpc) is 3.21. The molecule has 0 aliphatic carbocycles. The minimum atomic E-state index is -0.898. The Morgan fingerprint density at radius 3 is 2.35 bits per heavy atom. The van der Waals surface area contributed by atoms with E-state index in [0.717, 1.165) is 5.56 Å². The van der Waals surface area contributed by atoms with Crippen LogP contribution in [0.4, 0.5) is 4.39 Å². The summed E-state index contributed by atoms with van der Waals surface area (Å²) in [6, 6.07) is 17.0. The van der Waals surface area contributed by atoms with Gasteiger partial charge in [0.05, 0.1) is 37.0 Å². The van der Waals surface area contributed by atoms with Crippen LogP contribution in [0.25, 0.3) is 5.76 Å². The predicted molar refractivity (Wildman–Crippen MR) is 147 cm³/mol. The molecule has 1 fully saturated rings. The molecule has 1 N–H and O–H groups in total. The first kappa shape index (κ1) is 28.6. The predicted octanol–water partition coefficient (Wildman–Crippen LogP) is 5.27. The number of Topliss-reactive ketones (excluding diaryl/α,β-unsaturated/α-hetero) is 1. The molecular formula is C31H32FNO7. The molecule has 9 heteroatoms. The van der Waals surface area contributed by atoms with Crippen molar-refractivity contribution in [1.29, 1.82) is 0 Å². The minimum absolute atomic E-state index is 0.0677. The van der Waals surface area contributed by atoms with Gasteiger partial charge in [-0.1, -0.05) is 24.3 Å². The summed E-state index contributed by atoms with van der Waals surface area (Å²) in [6.45, 7) is 4.93. The topological polar surface area (TPSA) is 94.5 Å². The third kappa shape index (κ3) is 6.26. The Hall–Kier alpha value is -4.37. The normalized spacial score (nSPS) is 16.3. The van der Waals surface area contributed by atoms with E-state index >= 15 is 0 Å². The molecule has 0 spiro atoms. The summed E-state index contributed by atoms with van der Waals surface area (Å²) in [7, 11) is 1.50. The summed E-state index contributed by atoms with van der Waals surface area (Å²) in [5, 5.41) is 11.5. The van der Waals surface area contributed by atoms with Crippen molar-refractivity contribution in [1.82, 2.24) is 4.90 Å². The molecule has 40 heavy (non-hydrogen) atoms. The number of hydrogen-bond donors (Lipinski definition) is 1. The quantitative estimate of drug-likeness (QED) is 0.187. The summed E-state index contributed by atoms with van der Waals surface area (Å²) < 4.78 is 35.7. The standard InChI is InChI=1S/C31H32FNO7/c1-4-38-24-13-14-25(26(18-24)39-5-2)29(34)27-28(33(15-16-37-3)31(36)30(27)35)21-7-6-8-23(17-21)40-19-20-9-11-22(32)12-10-20/h6-14,17-18,28,34H,4-5,15-16,19H2,1-3H3/b29-27+. The van der Waals surface area contributed by atoms with Crippen molar-refractivity contribution >= 4 is 17.4 Å². The van der Waals surface area contributed by atoms with Gasteiger partial charge >= 0.3 is 0 Å². The van der Waals surface area contributed by atoms with Crippen LogP contribution in [0.1, 0.15) is 36.6 Å². The zero-order valence-corrected chi connectivity index (χ0v) is 22.7. The van der Waals surface area contributed by atoms with Gasteiger partial charge in [0.15, 0.2) is 0 Å². The molecule has 1 unspecified atom stereocenters. The number of hydrogen-bond acceptors (Lipinski definition) is 7. The molecule has 0 aromatic heterocycles. The number of ether oxygens (including phenoxy) is 4. The first-order chi connectivity index (χ1) is 19.4. The van der Waals surface area contributed by atoms with Crippen molar-refractivity contribution < 1.29 is 38.0 Å². The van der Waals surface area contributed by atoms with Crippen LogP contribution in [0.3, 0.4) is 0 Å². The zero-order valence-electron chi connectivity index (χ0n) is 22.7. The summed E-state index contributed by atoms with van der Waals surface area (Å²) >= 11 is 0. The van der Waals surface area contributed by atoms with E-state index in [1.54, 1.807) is 61.5 Å². The smallest absolute Gasteiger partial charge is 0.295 e. The summed E-state index contributed by atoms with van der Waals surface area (Å²) in [5.74, 6) is -0.897. The number of benzene rings is 3. The number of rotatable bonds is 12. The molecule has 4 rings (SSSR count). The van der Waals surface area contributed by atoms with Gasteiger partial charge in [-0.25, -0.2) is 4.39 Å². The lowest BCUT2D eigenvalue weighted by Crippen LogP contribution is -2.32. The average molecular weight is 550 g/mol. The third-order valence-corrected chi connectivity index (χ3v) is 6.39. The number of nitrogens with zero attached hydrogens (tertiary/aromatic N) is 1. The van der Waals surface area contributed by atoms with E-state index in [4.69, 9.17) is 18.9 Å². The molecule has 1 saturated heterocycles. The molecule has 210 valence electrons. The third-order valence-electron chi connectivity index (χ3n) is 6.39. The fourth-order valence-corrected chi connectivity index (χ4v) is 4.54. The Bertz CT molecular complexity index is 1390. The Balaban J connectivity index is 1.76. The summed E-state index contributed by atoms with van der Waals surface area (Å²) in [6.07, 6.45) is 0. The molecule has 3 aromatic carbocycles. The van der Waals surface area contributed by atoms with E-state index in [1.807, 2.05) is 6.92 Å². The van der Waals surface area contributed by atoms with E-state index in [2.05, 4.69) is 0 Å². The number of halogens is 1. The molecule has 8 nitrogen and oxygen atoms in total. The number of methoxy groups -OCH3 is 1. The summed E-state index contributed by atoms with van der Waals surface area (Å²) in [5.41, 5.74) is 1.54. The number of carbonyl (C=O) groups excluding carboxylic acids is 2. The Kier molecular flexibility index (Phi) is 9.39. The van der Waals surface area contributed by atoms with E-state index < -0.39 is 17.7 Å². The number of ketones is 1. The second-order valence-electron chi connectivity index (χ2n) is 9.00. The first-order valence-corrected chi connectivity index (χ1v) is 13.0. The van der Waals surface area contributed by atoms with Crippen molar-refractivity contribution in [2.24, 2.45) is 0 Å². The first-order valence-electron chi connectivity index (χ1n) is 13.0. The zero-order chi connectivity index (χ0) is 28.6. The van der Waals surface area contributed by atoms with Gasteiger partial charge < -0.3 is 29.0 Å². The molecule has 1 aliphatic heterocycles. The van der Waals surface area contributed by atoms with Crippen molar-refractivity contribution in [3.63, 3.8) is 0 Å². The van der Waals surface area contributed by atoms with Crippen molar-refractivity contribution in [3.8, 4) is 17.2 Å². The number of aliphatic hydroxyl groups excluding tert-OH is 1. The molecule has 0 radical (unpaired) electrons. The highest BCUT2D eigenvalue weighted by Crippen LogP contribution is 2.42. The molecule has 1 heterocycles. The number of carbonyl (C=O) groups is 2. The maximum Gasteiger partial charge on any atom is 0.295 e. The lowest BCUT2D eigenvalue weighted by Gasteiger charge is -2.25. The monoisotopic (exact) mass is 549 g/mol. The van der Waals surface area contributed by atoms with Crippen molar-refractivity contribution in [2.45, 2.75) is 26.5 Å². The molecule has 1 amide bonds. The molecule has 0 bridgehead atoms. The van der Waals surface area contributed by atoms with Crippen LogP contribution < -0.4 is 14.2 Å². The summed E-state index contributed by atoms with van der Waals surface area (Å²) in [4.78, 5) is 27.9. The van der Waals surface area contributed by atoms with Crippen molar-refractivity contribution in [2.75, 3.05) is 33.5 Å². The van der Waals surface area contributed by atoms with Crippen LogP contribution in [-0.4, -0.2) is 55.2 Å². The van der Waals surface area contributed by atoms with Crippen LogP contribution in [0, 0.1) is 5.82 Å². The maximum absolute atomic E-state index is 13.4. The molecular weight excluding hydrogens is 517 g/mol. The molecule has 1 aliphatic rings. The Morgan fingerprint density at radius 1 is 0.925 bits per heavy atom. The second-order valence-corrected chi connectivity index (χ2v) is 9.00. The van der Waals surface area contributed by atoms with E-state index in [1.165, 1.54) is 24.1 Å². The van der Waals surface area contributed by atoms with Crippen LogP contribution in [0.2, 0.25) is 0 Å². The van der Waals surface area contributed by atoms with Crippen molar-refractivity contribution in [3.05, 3.63) is 94.8 Å². The van der Waals surface area contributed by atoms with Gasteiger partial charge in [0.2, 0.25) is 0 Å². The van der Waals surface area contributed by atoms with Gasteiger partial charge in [0.1, 0.15) is 35.4 Å². The number of aliphatic hydroxyl groups is 1. The van der Waals surface area contributed by atoms with E-state index in [0.29, 0.717) is 36.0 Å². The molecule has 0 saturated carbocycles. The highest BCUT2D eigenvalue weighted by Gasteiger charge is 2.46. The van der Waals surface area contributed by atoms with Gasteiger partial charge in [0.25, 0.3) is 11.7 Å². The number of likely N-dealkylation sites (tertiary alicyclic amines) is 1. The lowest BCUT2D eigenvalue weighted by atomic mass is 9.94. The van der Waals surface area contributed by atoms with Gasteiger partial charge in [0, 0.05) is 19.7 Å². The van der Waals surface area contributed by atoms with E-state index in [-0.39, 0.29) is 42.5 Å². The largest absolute Gasteiger partial charge is 0.507 e.